The van der Waals surface area contributed by atoms with Crippen LogP contribution in [0.3, 0.4) is 0 Å². The van der Waals surface area contributed by atoms with Crippen molar-refractivity contribution < 1.29 is 19.1 Å². The van der Waals surface area contributed by atoms with E-state index in [1.807, 2.05) is 12.1 Å². The van der Waals surface area contributed by atoms with E-state index in [1.165, 1.54) is 0 Å². The van der Waals surface area contributed by atoms with Crippen molar-refractivity contribution in [2.75, 3.05) is 18.5 Å². The second kappa shape index (κ2) is 9.11. The third kappa shape index (κ3) is 4.78. The van der Waals surface area contributed by atoms with Crippen LogP contribution >= 0.6 is 0 Å². The van der Waals surface area contributed by atoms with E-state index in [1.54, 1.807) is 30.9 Å². The Bertz CT molecular complexity index is 812. The molecule has 1 atom stereocenters. The minimum Gasteiger partial charge on any atom is -0.463 e. The number of esters is 1. The van der Waals surface area contributed by atoms with Crippen molar-refractivity contribution in [1.82, 2.24) is 10.2 Å². The molecule has 29 heavy (non-hydrogen) atoms. The fraction of sp³-hybridized carbons (Fsp3) is 0.500. The van der Waals surface area contributed by atoms with E-state index in [-0.39, 0.29) is 24.5 Å². The van der Waals surface area contributed by atoms with Gasteiger partial charge < -0.3 is 15.4 Å². The molecule has 7 nitrogen and oxygen atoms in total. The molecule has 0 spiro atoms. The van der Waals surface area contributed by atoms with Crippen LogP contribution in [0.1, 0.15) is 58.1 Å². The van der Waals surface area contributed by atoms with E-state index in [0.29, 0.717) is 23.5 Å². The fourth-order valence-corrected chi connectivity index (χ4v) is 3.44. The lowest BCUT2D eigenvalue weighted by Crippen LogP contribution is -2.48. The first-order valence-corrected chi connectivity index (χ1v) is 10.3. The van der Waals surface area contributed by atoms with Gasteiger partial charge in [0.25, 0.3) is 0 Å². The zero-order valence-corrected chi connectivity index (χ0v) is 17.3. The largest absolute Gasteiger partial charge is 0.463 e. The van der Waals surface area contributed by atoms with Crippen LogP contribution in [0.25, 0.3) is 0 Å². The topological polar surface area (TPSA) is 87.7 Å². The number of nitrogens with one attached hydrogen (secondary N) is 2. The van der Waals surface area contributed by atoms with Crippen LogP contribution in [-0.4, -0.2) is 36.0 Å². The van der Waals surface area contributed by atoms with Gasteiger partial charge in [-0.15, -0.1) is 0 Å². The average Bonchev–Trinajstić information content (AvgIpc) is 3.53. The van der Waals surface area contributed by atoms with Gasteiger partial charge in [0, 0.05) is 23.8 Å². The first-order valence-electron chi connectivity index (χ1n) is 10.3. The summed E-state index contributed by atoms with van der Waals surface area (Å²) in [6.45, 7) is 6.42. The van der Waals surface area contributed by atoms with Gasteiger partial charge in [-0.25, -0.2) is 9.59 Å². The van der Waals surface area contributed by atoms with Crippen molar-refractivity contribution >= 4 is 23.6 Å². The van der Waals surface area contributed by atoms with Gasteiger partial charge in [-0.05, 0) is 50.8 Å². The molecule has 1 aromatic rings. The number of allylic oxidation sites excluding steroid dienone is 1. The highest BCUT2D eigenvalue weighted by Gasteiger charge is 2.36. The third-order valence-corrected chi connectivity index (χ3v) is 5.29. The molecule has 1 aliphatic heterocycles. The molecular formula is C22H29N3O4. The highest BCUT2D eigenvalue weighted by molar-refractivity contribution is 5.95. The molecule has 7 heteroatoms. The number of hydrogen-bond acceptors (Lipinski definition) is 4. The predicted octanol–water partition coefficient (Wildman–Crippen LogP) is 3.74. The summed E-state index contributed by atoms with van der Waals surface area (Å²) in [5.41, 5.74) is 2.53. The van der Waals surface area contributed by atoms with Gasteiger partial charge in [0.2, 0.25) is 5.91 Å². The summed E-state index contributed by atoms with van der Waals surface area (Å²) in [7, 11) is 0. The van der Waals surface area contributed by atoms with Crippen LogP contribution < -0.4 is 10.6 Å². The molecule has 1 fully saturated rings. The summed E-state index contributed by atoms with van der Waals surface area (Å²) in [6.07, 6.45) is 3.68. The third-order valence-electron chi connectivity index (χ3n) is 5.29. The fourth-order valence-electron chi connectivity index (χ4n) is 3.44. The van der Waals surface area contributed by atoms with Crippen LogP contribution in [0.4, 0.5) is 10.5 Å². The van der Waals surface area contributed by atoms with E-state index >= 15 is 0 Å². The predicted molar refractivity (Wildman–Crippen MR) is 110 cm³/mol. The highest BCUT2D eigenvalue weighted by atomic mass is 16.5. The molecule has 3 rings (SSSR count). The molecule has 0 bridgehead atoms. The summed E-state index contributed by atoms with van der Waals surface area (Å²) in [5.74, 6) is -0.261. The second-order valence-corrected chi connectivity index (χ2v) is 7.49. The molecule has 1 aliphatic carbocycles. The van der Waals surface area contributed by atoms with Gasteiger partial charge in [-0.2, -0.15) is 0 Å². The number of ether oxygens (including phenoxy) is 1. The molecule has 3 amide bonds. The Balaban J connectivity index is 1.86. The summed E-state index contributed by atoms with van der Waals surface area (Å²) < 4.78 is 5.27. The van der Waals surface area contributed by atoms with Gasteiger partial charge in [-0.1, -0.05) is 25.5 Å². The number of benzene rings is 1. The van der Waals surface area contributed by atoms with Crippen molar-refractivity contribution in [3.05, 3.63) is 41.1 Å². The van der Waals surface area contributed by atoms with Gasteiger partial charge >= 0.3 is 12.0 Å². The SMILES string of the molecule is CCCCN1C(=O)NC(c2ccc(NC(=O)C3CC3)cc2)C(C(=O)OCC)=C1C. The summed E-state index contributed by atoms with van der Waals surface area (Å²) in [4.78, 5) is 38.9. The molecule has 1 aromatic carbocycles. The number of anilines is 1. The maximum absolute atomic E-state index is 12.7. The molecular weight excluding hydrogens is 370 g/mol. The Hall–Kier alpha value is -2.83. The maximum atomic E-state index is 12.7. The monoisotopic (exact) mass is 399 g/mol. The lowest BCUT2D eigenvalue weighted by molar-refractivity contribution is -0.139. The lowest BCUT2D eigenvalue weighted by atomic mass is 9.94. The lowest BCUT2D eigenvalue weighted by Gasteiger charge is -2.35. The normalized spacial score (nSPS) is 19.1. The number of urea groups is 1. The van der Waals surface area contributed by atoms with E-state index in [0.717, 1.165) is 31.2 Å². The van der Waals surface area contributed by atoms with E-state index in [2.05, 4.69) is 17.6 Å². The minimum absolute atomic E-state index is 0.0400. The summed E-state index contributed by atoms with van der Waals surface area (Å²) in [5, 5.41) is 5.84. The van der Waals surface area contributed by atoms with Gasteiger partial charge in [0.1, 0.15) is 0 Å². The van der Waals surface area contributed by atoms with E-state index in [4.69, 9.17) is 4.74 Å². The van der Waals surface area contributed by atoms with Crippen LogP contribution in [0.15, 0.2) is 35.5 Å². The zero-order valence-electron chi connectivity index (χ0n) is 17.3. The number of rotatable bonds is 8. The van der Waals surface area contributed by atoms with Crippen molar-refractivity contribution in [2.24, 2.45) is 5.92 Å². The Morgan fingerprint density at radius 2 is 1.90 bits per heavy atom. The smallest absolute Gasteiger partial charge is 0.338 e. The maximum Gasteiger partial charge on any atom is 0.338 e. The highest BCUT2D eigenvalue weighted by Crippen LogP contribution is 2.33. The Morgan fingerprint density at radius 3 is 2.48 bits per heavy atom. The molecule has 2 N–H and O–H groups in total. The van der Waals surface area contributed by atoms with Crippen molar-refractivity contribution in [1.29, 1.82) is 0 Å². The molecule has 2 aliphatic rings. The number of hydrogen-bond donors (Lipinski definition) is 2. The Labute approximate surface area is 171 Å². The molecule has 156 valence electrons. The Morgan fingerprint density at radius 1 is 1.21 bits per heavy atom. The minimum atomic E-state index is -0.590. The molecule has 1 unspecified atom stereocenters. The van der Waals surface area contributed by atoms with Crippen molar-refractivity contribution in [3.8, 4) is 0 Å². The number of nitrogens with zero attached hydrogens (tertiary/aromatic N) is 1. The standard InChI is InChI=1S/C22H29N3O4/c1-4-6-13-25-14(3)18(21(27)29-5-2)19(24-22(25)28)15-9-11-17(12-10-15)23-20(26)16-7-8-16/h9-12,16,19H,4-8,13H2,1-3H3,(H,23,26)(H,24,28). The van der Waals surface area contributed by atoms with Crippen molar-refractivity contribution in [2.45, 2.75) is 52.5 Å². The van der Waals surface area contributed by atoms with E-state index < -0.39 is 12.0 Å². The molecule has 0 saturated heterocycles. The molecule has 1 saturated carbocycles. The number of amides is 3. The van der Waals surface area contributed by atoms with Crippen LogP contribution in [-0.2, 0) is 14.3 Å². The van der Waals surface area contributed by atoms with Gasteiger partial charge in [-0.3, -0.25) is 9.69 Å². The molecule has 0 radical (unpaired) electrons. The Kier molecular flexibility index (Phi) is 6.56. The molecule has 0 aromatic heterocycles. The van der Waals surface area contributed by atoms with E-state index in [9.17, 15) is 14.4 Å². The number of carbonyl (C=O) groups excluding carboxylic acids is 3. The zero-order chi connectivity index (χ0) is 21.0. The first-order chi connectivity index (χ1) is 14.0. The summed E-state index contributed by atoms with van der Waals surface area (Å²) >= 11 is 0. The molecule has 1 heterocycles. The average molecular weight is 399 g/mol. The van der Waals surface area contributed by atoms with Gasteiger partial charge in [0.05, 0.1) is 18.2 Å². The van der Waals surface area contributed by atoms with Crippen molar-refractivity contribution in [3.63, 3.8) is 0 Å². The second-order valence-electron chi connectivity index (χ2n) is 7.49. The number of unbranched alkanes of at least 4 members (excludes halogenated alkanes) is 1. The van der Waals surface area contributed by atoms with Crippen LogP contribution in [0, 0.1) is 5.92 Å². The summed E-state index contributed by atoms with van der Waals surface area (Å²) in [6, 6.07) is 6.42. The van der Waals surface area contributed by atoms with Gasteiger partial charge in [0.15, 0.2) is 0 Å². The first kappa shape index (κ1) is 20.9. The van der Waals surface area contributed by atoms with Crippen LogP contribution in [0.5, 0.6) is 0 Å². The quantitative estimate of drug-likeness (QED) is 0.652. The number of carbonyl (C=O) groups is 3. The van der Waals surface area contributed by atoms with Crippen LogP contribution in [0.2, 0.25) is 0 Å².